The van der Waals surface area contributed by atoms with Gasteiger partial charge in [-0.15, -0.1) is 11.3 Å². The maximum atomic E-state index is 13.9. The van der Waals surface area contributed by atoms with E-state index in [2.05, 4.69) is 9.97 Å². The number of phenolic OH excluding ortho intramolecular Hbond substituents is 1. The average molecular weight is 471 g/mol. The van der Waals surface area contributed by atoms with Crippen LogP contribution in [0.1, 0.15) is 11.1 Å². The van der Waals surface area contributed by atoms with Crippen LogP contribution < -0.4 is 5.56 Å². The maximum Gasteiger partial charge on any atom is 0.416 e. The van der Waals surface area contributed by atoms with Gasteiger partial charge in [0.15, 0.2) is 28.2 Å². The van der Waals surface area contributed by atoms with E-state index in [1.807, 2.05) is 0 Å². The van der Waals surface area contributed by atoms with E-state index in [0.717, 1.165) is 51.9 Å². The number of benzene rings is 2. The molecule has 0 fully saturated rings. The first-order chi connectivity index (χ1) is 14.6. The van der Waals surface area contributed by atoms with Gasteiger partial charge in [-0.1, -0.05) is 23.9 Å². The van der Waals surface area contributed by atoms with Crippen LogP contribution in [0.15, 0.2) is 51.9 Å². The number of hydrogen-bond acceptors (Lipinski definition) is 6. The van der Waals surface area contributed by atoms with E-state index >= 15 is 0 Å². The van der Waals surface area contributed by atoms with E-state index in [1.54, 1.807) is 0 Å². The Kier molecular flexibility index (Phi) is 5.43. The Morgan fingerprint density at radius 3 is 2.35 bits per heavy atom. The number of alkyl halides is 3. The fourth-order valence-electron chi connectivity index (χ4n) is 2.74. The Morgan fingerprint density at radius 1 is 1.10 bits per heavy atom. The van der Waals surface area contributed by atoms with Gasteiger partial charge in [0.25, 0.3) is 5.56 Å². The molecule has 0 aliphatic rings. The third-order valence-electron chi connectivity index (χ3n) is 4.25. The molecule has 12 heteroatoms. The zero-order valence-electron chi connectivity index (χ0n) is 15.2. The molecular weight excluding hydrogens is 461 g/mol. The van der Waals surface area contributed by atoms with Crippen LogP contribution in [0, 0.1) is 11.6 Å². The molecule has 4 aromatic rings. The quantitative estimate of drug-likeness (QED) is 0.254. The molecule has 0 aliphatic heterocycles. The molecule has 2 aromatic heterocycles. The zero-order chi connectivity index (χ0) is 22.3. The minimum Gasteiger partial charge on any atom is -0.503 e. The molecule has 5 nitrogen and oxygen atoms in total. The van der Waals surface area contributed by atoms with Crippen molar-refractivity contribution in [2.75, 3.05) is 0 Å². The van der Waals surface area contributed by atoms with Gasteiger partial charge in [-0.05, 0) is 17.7 Å². The van der Waals surface area contributed by atoms with E-state index in [9.17, 15) is 31.9 Å². The molecule has 1 N–H and O–H groups in total. The lowest BCUT2D eigenvalue weighted by molar-refractivity contribution is -0.137. The van der Waals surface area contributed by atoms with E-state index in [-0.39, 0.29) is 26.9 Å². The second kappa shape index (κ2) is 7.93. The minimum absolute atomic E-state index is 0.0350. The van der Waals surface area contributed by atoms with E-state index in [0.29, 0.717) is 5.56 Å². The van der Waals surface area contributed by atoms with Gasteiger partial charge in [0, 0.05) is 17.9 Å². The van der Waals surface area contributed by atoms with Gasteiger partial charge >= 0.3 is 6.18 Å². The third kappa shape index (κ3) is 4.12. The number of thiazole rings is 1. The summed E-state index contributed by atoms with van der Waals surface area (Å²) < 4.78 is 67.1. The summed E-state index contributed by atoms with van der Waals surface area (Å²) in [5.74, 6) is -3.57. The van der Waals surface area contributed by atoms with Crippen LogP contribution in [-0.4, -0.2) is 19.6 Å². The standard InChI is InChI=1S/C19H10F5N3O2S2/c20-12-5-11(6-13(21)14(12)28)27-17(29)15-16(25-8-31-15)26-18(27)30-7-9-1-3-10(4-2-9)19(22,23)24/h1-6,8,28H,7H2. The van der Waals surface area contributed by atoms with Crippen molar-refractivity contribution in [1.29, 1.82) is 0 Å². The van der Waals surface area contributed by atoms with Crippen LogP contribution in [0.4, 0.5) is 22.0 Å². The number of aromatic hydroxyl groups is 1. The molecule has 160 valence electrons. The minimum atomic E-state index is -4.46. The normalized spacial score (nSPS) is 11.9. The first kappa shape index (κ1) is 21.2. The van der Waals surface area contributed by atoms with Gasteiger partial charge in [0.05, 0.1) is 16.8 Å². The van der Waals surface area contributed by atoms with Crippen molar-refractivity contribution in [3.63, 3.8) is 0 Å². The number of nitrogens with zero attached hydrogens (tertiary/aromatic N) is 3. The van der Waals surface area contributed by atoms with Gasteiger partial charge in [-0.25, -0.2) is 18.7 Å². The molecular formula is C19H10F5N3O2S2. The van der Waals surface area contributed by atoms with Crippen LogP contribution in [0.3, 0.4) is 0 Å². The van der Waals surface area contributed by atoms with E-state index in [4.69, 9.17) is 0 Å². The molecule has 0 aliphatic carbocycles. The van der Waals surface area contributed by atoms with Crippen LogP contribution in [0.25, 0.3) is 16.0 Å². The van der Waals surface area contributed by atoms with Crippen LogP contribution >= 0.6 is 23.1 Å². The summed E-state index contributed by atoms with van der Waals surface area (Å²) in [7, 11) is 0. The summed E-state index contributed by atoms with van der Waals surface area (Å²) >= 11 is 1.99. The van der Waals surface area contributed by atoms with Gasteiger partial charge < -0.3 is 5.11 Å². The number of aromatic nitrogens is 3. The highest BCUT2D eigenvalue weighted by molar-refractivity contribution is 7.98. The molecule has 2 aromatic carbocycles. The van der Waals surface area contributed by atoms with Gasteiger partial charge in [-0.3, -0.25) is 9.36 Å². The summed E-state index contributed by atoms with van der Waals surface area (Å²) in [6, 6.07) is 6.03. The molecule has 2 heterocycles. The third-order valence-corrected chi connectivity index (χ3v) is 6.06. The van der Waals surface area contributed by atoms with Gasteiger partial charge in [-0.2, -0.15) is 13.2 Å². The molecule has 0 atom stereocenters. The molecule has 0 bridgehead atoms. The molecule has 0 unspecified atom stereocenters. The summed E-state index contributed by atoms with van der Waals surface area (Å²) in [4.78, 5) is 21.2. The molecule has 0 saturated carbocycles. The Bertz CT molecular complexity index is 1310. The van der Waals surface area contributed by atoms with Crippen LogP contribution in [0.5, 0.6) is 5.75 Å². The first-order valence-corrected chi connectivity index (χ1v) is 10.3. The number of halogens is 5. The summed E-state index contributed by atoms with van der Waals surface area (Å²) in [6.07, 6.45) is -4.46. The fourth-order valence-corrected chi connectivity index (χ4v) is 4.35. The van der Waals surface area contributed by atoms with Gasteiger partial charge in [0.2, 0.25) is 0 Å². The molecule has 0 radical (unpaired) electrons. The Labute approximate surface area is 178 Å². The average Bonchev–Trinajstić information content (AvgIpc) is 3.19. The lowest BCUT2D eigenvalue weighted by Gasteiger charge is -2.13. The molecule has 0 spiro atoms. The van der Waals surface area contributed by atoms with Crippen molar-refractivity contribution in [2.24, 2.45) is 0 Å². The number of fused-ring (bicyclic) bond motifs is 1. The zero-order valence-corrected chi connectivity index (χ0v) is 16.8. The number of thioether (sulfide) groups is 1. The predicted molar refractivity (Wildman–Crippen MR) is 106 cm³/mol. The Hall–Kier alpha value is -2.99. The van der Waals surface area contributed by atoms with E-state index in [1.165, 1.54) is 17.6 Å². The van der Waals surface area contributed by atoms with Crippen LogP contribution in [0.2, 0.25) is 0 Å². The maximum absolute atomic E-state index is 13.9. The van der Waals surface area contributed by atoms with Crippen molar-refractivity contribution in [3.05, 3.63) is 75.0 Å². The second-order valence-corrected chi connectivity index (χ2v) is 8.08. The SMILES string of the molecule is O=c1c2scnc2nc(SCc2ccc(C(F)(F)F)cc2)n1-c1cc(F)c(O)c(F)c1. The topological polar surface area (TPSA) is 68.0 Å². The number of phenols is 1. The largest absolute Gasteiger partial charge is 0.503 e. The molecule has 0 saturated heterocycles. The number of rotatable bonds is 4. The fraction of sp³-hybridized carbons (Fsp3) is 0.105. The lowest BCUT2D eigenvalue weighted by Crippen LogP contribution is -2.21. The van der Waals surface area contributed by atoms with Crippen molar-refractivity contribution in [1.82, 2.24) is 14.5 Å². The Balaban J connectivity index is 1.75. The summed E-state index contributed by atoms with van der Waals surface area (Å²) in [5.41, 5.74) is 0.435. The number of hydrogen-bond donors (Lipinski definition) is 1. The monoisotopic (exact) mass is 471 g/mol. The highest BCUT2D eigenvalue weighted by Crippen LogP contribution is 2.31. The lowest BCUT2D eigenvalue weighted by atomic mass is 10.1. The second-order valence-electron chi connectivity index (χ2n) is 6.28. The van der Waals surface area contributed by atoms with Crippen molar-refractivity contribution in [2.45, 2.75) is 17.1 Å². The first-order valence-electron chi connectivity index (χ1n) is 8.48. The molecule has 0 amide bonds. The van der Waals surface area contributed by atoms with E-state index < -0.39 is 34.7 Å². The smallest absolute Gasteiger partial charge is 0.416 e. The van der Waals surface area contributed by atoms with Crippen molar-refractivity contribution < 1.29 is 27.1 Å². The Morgan fingerprint density at radius 2 is 1.74 bits per heavy atom. The van der Waals surface area contributed by atoms with Crippen LogP contribution in [-0.2, 0) is 11.9 Å². The summed E-state index contributed by atoms with van der Waals surface area (Å²) in [6.45, 7) is 0. The highest BCUT2D eigenvalue weighted by atomic mass is 32.2. The summed E-state index contributed by atoms with van der Waals surface area (Å²) in [5, 5.41) is 9.38. The van der Waals surface area contributed by atoms with Crippen molar-refractivity contribution >= 4 is 33.4 Å². The predicted octanol–water partition coefficient (Wildman–Crippen LogP) is 5.14. The van der Waals surface area contributed by atoms with Gasteiger partial charge in [0.1, 0.15) is 4.70 Å². The molecule has 31 heavy (non-hydrogen) atoms. The molecule has 4 rings (SSSR count). The highest BCUT2D eigenvalue weighted by Gasteiger charge is 2.30. The van der Waals surface area contributed by atoms with Crippen molar-refractivity contribution in [3.8, 4) is 11.4 Å².